The third-order valence-electron chi connectivity index (χ3n) is 6.36. The fourth-order valence-electron chi connectivity index (χ4n) is 5.22. The van der Waals surface area contributed by atoms with Gasteiger partial charge >= 0.3 is 0 Å². The van der Waals surface area contributed by atoms with Crippen molar-refractivity contribution in [2.24, 2.45) is 22.1 Å². The van der Waals surface area contributed by atoms with E-state index in [1.165, 1.54) is 28.7 Å². The predicted octanol–water partition coefficient (Wildman–Crippen LogP) is 2.95. The number of fused-ring (bicyclic) bond motifs is 5. The van der Waals surface area contributed by atoms with Gasteiger partial charge in [-0.05, 0) is 42.9 Å². The van der Waals surface area contributed by atoms with Crippen molar-refractivity contribution in [3.63, 3.8) is 0 Å². The number of hydrogen-bond acceptors (Lipinski definition) is 5. The van der Waals surface area contributed by atoms with Crippen molar-refractivity contribution in [3.8, 4) is 0 Å². The van der Waals surface area contributed by atoms with Gasteiger partial charge in [0.05, 0.1) is 23.2 Å². The maximum Gasteiger partial charge on any atom is 0.253 e. The molecule has 1 aromatic rings. The molecule has 3 fully saturated rings. The van der Waals surface area contributed by atoms with Crippen LogP contribution in [-0.4, -0.2) is 55.2 Å². The minimum absolute atomic E-state index is 0.00271. The molecule has 2 bridgehead atoms. The number of rotatable bonds is 3. The van der Waals surface area contributed by atoms with Crippen LogP contribution in [-0.2, 0) is 14.8 Å². The van der Waals surface area contributed by atoms with Gasteiger partial charge in [0.25, 0.3) is 5.91 Å². The summed E-state index contributed by atoms with van der Waals surface area (Å²) in [6.45, 7) is 1.16. The Labute approximate surface area is 173 Å². The number of sulfonamides is 1. The third kappa shape index (κ3) is 2.73. The van der Waals surface area contributed by atoms with Gasteiger partial charge in [-0.1, -0.05) is 23.2 Å². The van der Waals surface area contributed by atoms with Gasteiger partial charge in [-0.25, -0.2) is 8.42 Å². The summed E-state index contributed by atoms with van der Waals surface area (Å²) in [6, 6.07) is 4.53. The molecule has 28 heavy (non-hydrogen) atoms. The van der Waals surface area contributed by atoms with Crippen LogP contribution < -0.4 is 0 Å². The van der Waals surface area contributed by atoms with Crippen molar-refractivity contribution in [1.29, 1.82) is 0 Å². The topological polar surface area (TPSA) is 82.4 Å². The second-order valence-corrected chi connectivity index (χ2v) is 10.6. The smallest absolute Gasteiger partial charge is 0.253 e. The van der Waals surface area contributed by atoms with Gasteiger partial charge < -0.3 is 4.90 Å². The van der Waals surface area contributed by atoms with Gasteiger partial charge in [0.1, 0.15) is 0 Å². The van der Waals surface area contributed by atoms with Crippen LogP contribution in [0.5, 0.6) is 0 Å². The van der Waals surface area contributed by atoms with E-state index in [4.69, 9.17) is 23.2 Å². The fourth-order valence-corrected chi connectivity index (χ4v) is 7.46. The van der Waals surface area contributed by atoms with Crippen molar-refractivity contribution >= 4 is 39.1 Å². The SMILES string of the molecule is O=C(C1=CN=NC1)N1[C@@H]2CC[C@H]1[C@H]1CN(S(=O)(=O)c3cc(Cl)cc(Cl)c3)C[C@H]12. The zero-order valence-corrected chi connectivity index (χ0v) is 17.2. The molecule has 0 aliphatic carbocycles. The maximum absolute atomic E-state index is 13.1. The Bertz CT molecular complexity index is 985. The molecule has 0 aromatic heterocycles. The van der Waals surface area contributed by atoms with E-state index in [1.807, 2.05) is 4.90 Å². The van der Waals surface area contributed by atoms with Crippen LogP contribution in [0.1, 0.15) is 12.8 Å². The molecule has 148 valence electrons. The van der Waals surface area contributed by atoms with Crippen LogP contribution in [0.15, 0.2) is 45.1 Å². The summed E-state index contributed by atoms with van der Waals surface area (Å²) in [5, 5.41) is 8.26. The molecule has 0 N–H and O–H groups in total. The molecule has 0 spiro atoms. The average Bonchev–Trinajstić information content (AvgIpc) is 3.41. The van der Waals surface area contributed by atoms with Gasteiger partial charge in [0, 0.05) is 35.2 Å². The van der Waals surface area contributed by atoms with Gasteiger partial charge in [0.2, 0.25) is 10.0 Å². The molecule has 7 nitrogen and oxygen atoms in total. The molecule has 3 saturated heterocycles. The van der Waals surface area contributed by atoms with E-state index in [0.717, 1.165) is 12.8 Å². The zero-order chi connectivity index (χ0) is 19.6. The van der Waals surface area contributed by atoms with E-state index in [9.17, 15) is 13.2 Å². The van der Waals surface area contributed by atoms with Gasteiger partial charge in [-0.2, -0.15) is 14.5 Å². The maximum atomic E-state index is 13.1. The van der Waals surface area contributed by atoms with E-state index >= 15 is 0 Å². The average molecular weight is 441 g/mol. The van der Waals surface area contributed by atoms with Crippen LogP contribution in [0.25, 0.3) is 0 Å². The second-order valence-electron chi connectivity index (χ2n) is 7.75. The summed E-state index contributed by atoms with van der Waals surface area (Å²) < 4.78 is 27.8. The van der Waals surface area contributed by atoms with Crippen LogP contribution in [0.4, 0.5) is 0 Å². The first kappa shape index (κ1) is 18.5. The molecule has 10 heteroatoms. The largest absolute Gasteiger partial charge is 0.332 e. The predicted molar refractivity (Wildman–Crippen MR) is 104 cm³/mol. The van der Waals surface area contributed by atoms with Gasteiger partial charge in [0.15, 0.2) is 0 Å². The molecular weight excluding hydrogens is 423 g/mol. The van der Waals surface area contributed by atoms with Gasteiger partial charge in [-0.15, -0.1) is 0 Å². The summed E-state index contributed by atoms with van der Waals surface area (Å²) in [4.78, 5) is 15.0. The number of carbonyl (C=O) groups is 1. The van der Waals surface area contributed by atoms with Crippen LogP contribution in [0.2, 0.25) is 10.0 Å². The molecule has 0 radical (unpaired) electrons. The first-order valence-corrected chi connectivity index (χ1v) is 11.4. The number of benzene rings is 1. The Kier molecular flexibility index (Phi) is 4.32. The first-order valence-electron chi connectivity index (χ1n) is 9.21. The number of carbonyl (C=O) groups excluding carboxylic acids is 1. The molecule has 5 rings (SSSR count). The summed E-state index contributed by atoms with van der Waals surface area (Å²) in [5.41, 5.74) is 0.620. The van der Waals surface area contributed by atoms with Crippen molar-refractivity contribution in [2.75, 3.05) is 19.6 Å². The second kappa shape index (κ2) is 6.52. The van der Waals surface area contributed by atoms with Crippen molar-refractivity contribution in [3.05, 3.63) is 40.0 Å². The van der Waals surface area contributed by atoms with E-state index < -0.39 is 10.0 Å². The van der Waals surface area contributed by atoms with Crippen LogP contribution in [0, 0.1) is 11.8 Å². The van der Waals surface area contributed by atoms with E-state index in [0.29, 0.717) is 35.3 Å². The number of nitrogens with zero attached hydrogens (tertiary/aromatic N) is 4. The molecule has 0 unspecified atom stereocenters. The lowest BCUT2D eigenvalue weighted by Gasteiger charge is -2.27. The Hall–Kier alpha value is -1.48. The summed E-state index contributed by atoms with van der Waals surface area (Å²) in [6.07, 6.45) is 3.36. The van der Waals surface area contributed by atoms with Crippen LogP contribution in [0.3, 0.4) is 0 Å². The molecular formula is C18H18Cl2N4O3S. The Balaban J connectivity index is 1.38. The van der Waals surface area contributed by atoms with Gasteiger partial charge in [-0.3, -0.25) is 4.79 Å². The lowest BCUT2D eigenvalue weighted by Crippen LogP contribution is -2.42. The lowest BCUT2D eigenvalue weighted by atomic mass is 9.82. The number of amides is 1. The van der Waals surface area contributed by atoms with E-state index in [2.05, 4.69) is 10.2 Å². The first-order chi connectivity index (χ1) is 13.4. The highest BCUT2D eigenvalue weighted by Crippen LogP contribution is 2.50. The Morgan fingerprint density at radius 3 is 2.18 bits per heavy atom. The highest BCUT2D eigenvalue weighted by molar-refractivity contribution is 7.89. The Morgan fingerprint density at radius 1 is 1.04 bits per heavy atom. The normalized spacial score (nSPS) is 31.5. The third-order valence-corrected chi connectivity index (χ3v) is 8.61. The van der Waals surface area contributed by atoms with E-state index in [1.54, 1.807) is 0 Å². The highest BCUT2D eigenvalue weighted by atomic mass is 35.5. The minimum Gasteiger partial charge on any atom is -0.332 e. The highest BCUT2D eigenvalue weighted by Gasteiger charge is 2.59. The van der Waals surface area contributed by atoms with Crippen LogP contribution >= 0.6 is 23.2 Å². The number of halogens is 2. The molecule has 0 saturated carbocycles. The summed E-state index contributed by atoms with van der Waals surface area (Å²) >= 11 is 12.0. The molecule has 4 atom stereocenters. The van der Waals surface area contributed by atoms with E-state index in [-0.39, 0.29) is 34.7 Å². The van der Waals surface area contributed by atoms with Crippen molar-refractivity contribution in [2.45, 2.75) is 29.8 Å². The Morgan fingerprint density at radius 2 is 1.64 bits per heavy atom. The lowest BCUT2D eigenvalue weighted by molar-refractivity contribution is -0.128. The number of azo groups is 1. The molecule has 4 aliphatic rings. The summed E-state index contributed by atoms with van der Waals surface area (Å²) in [7, 11) is -3.68. The number of hydrogen-bond donors (Lipinski definition) is 0. The quantitative estimate of drug-likeness (QED) is 0.723. The molecule has 4 heterocycles. The fraction of sp³-hybridized carbons (Fsp3) is 0.500. The van der Waals surface area contributed by atoms with Crippen molar-refractivity contribution in [1.82, 2.24) is 9.21 Å². The minimum atomic E-state index is -3.68. The standard InChI is InChI=1S/C18H18Cl2N4O3S/c19-11-3-12(20)5-13(4-11)28(26,27)23-8-14-15(9-23)17-2-1-16(14)24(17)18(25)10-6-21-22-7-10/h3-6,14-17H,1-2,7-9H2/t14-,15+,16-,17+. The zero-order valence-electron chi connectivity index (χ0n) is 14.8. The monoisotopic (exact) mass is 440 g/mol. The van der Waals surface area contributed by atoms with Crippen molar-refractivity contribution < 1.29 is 13.2 Å². The molecule has 1 aromatic carbocycles. The molecule has 1 amide bonds. The summed E-state index contributed by atoms with van der Waals surface area (Å²) in [5.74, 6) is 0.314. The molecule has 4 aliphatic heterocycles.